The highest BCUT2D eigenvalue weighted by Crippen LogP contribution is 2.22. The van der Waals surface area contributed by atoms with E-state index >= 15 is 0 Å². The van der Waals surface area contributed by atoms with Crippen LogP contribution in [0.5, 0.6) is 5.75 Å². The first-order valence-corrected chi connectivity index (χ1v) is 6.54. The standard InChI is InChI=1S/C13H14BrNO3/c1-8(2)13(11-7-12(16)18-15-11)17-10-5-3-9(14)4-6-10/h3-6,8,13H,7H2,1-2H3. The average Bonchev–Trinajstić information content (AvgIpc) is 2.74. The molecule has 0 amide bonds. The van der Waals surface area contributed by atoms with Crippen molar-refractivity contribution in [2.45, 2.75) is 26.4 Å². The van der Waals surface area contributed by atoms with E-state index in [9.17, 15) is 4.79 Å². The molecule has 5 heteroatoms. The normalized spacial score (nSPS) is 16.4. The minimum Gasteiger partial charge on any atom is -0.484 e. The molecule has 18 heavy (non-hydrogen) atoms. The topological polar surface area (TPSA) is 47.9 Å². The molecule has 0 fully saturated rings. The fraction of sp³-hybridized carbons (Fsp3) is 0.385. The van der Waals surface area contributed by atoms with Gasteiger partial charge in [-0.2, -0.15) is 0 Å². The van der Waals surface area contributed by atoms with Crippen LogP contribution in [-0.4, -0.2) is 17.8 Å². The van der Waals surface area contributed by atoms with E-state index in [-0.39, 0.29) is 24.4 Å². The third-order valence-corrected chi connectivity index (χ3v) is 3.13. The van der Waals surface area contributed by atoms with Crippen LogP contribution in [0.4, 0.5) is 0 Å². The van der Waals surface area contributed by atoms with E-state index in [0.717, 1.165) is 10.2 Å². The molecule has 0 aromatic heterocycles. The van der Waals surface area contributed by atoms with Crippen LogP contribution >= 0.6 is 15.9 Å². The fourth-order valence-corrected chi connectivity index (χ4v) is 1.99. The Bertz CT molecular complexity index is 468. The number of halogens is 1. The predicted octanol–water partition coefficient (Wildman–Crippen LogP) is 3.16. The van der Waals surface area contributed by atoms with Gasteiger partial charge in [0, 0.05) is 4.47 Å². The number of hydrogen-bond acceptors (Lipinski definition) is 4. The molecule has 0 radical (unpaired) electrons. The Hall–Kier alpha value is -1.36. The molecule has 1 aromatic carbocycles. The molecule has 1 atom stereocenters. The van der Waals surface area contributed by atoms with Gasteiger partial charge in [-0.05, 0) is 30.2 Å². The summed E-state index contributed by atoms with van der Waals surface area (Å²) in [5.41, 5.74) is 0.651. The molecule has 1 unspecified atom stereocenters. The number of carbonyl (C=O) groups excluding carboxylic acids is 1. The van der Waals surface area contributed by atoms with Crippen molar-refractivity contribution in [1.82, 2.24) is 0 Å². The Morgan fingerprint density at radius 1 is 1.33 bits per heavy atom. The Balaban J connectivity index is 2.12. The Labute approximate surface area is 114 Å². The van der Waals surface area contributed by atoms with Gasteiger partial charge in [-0.3, -0.25) is 0 Å². The SMILES string of the molecule is CC(C)C(Oc1ccc(Br)cc1)C1=NOC(=O)C1. The Kier molecular flexibility index (Phi) is 4.01. The van der Waals surface area contributed by atoms with Crippen LogP contribution in [0.2, 0.25) is 0 Å². The van der Waals surface area contributed by atoms with Crippen molar-refractivity contribution in [3.05, 3.63) is 28.7 Å². The molecule has 4 nitrogen and oxygen atoms in total. The lowest BCUT2D eigenvalue weighted by Gasteiger charge is -2.21. The number of benzene rings is 1. The van der Waals surface area contributed by atoms with Crippen molar-refractivity contribution in [2.24, 2.45) is 11.1 Å². The second kappa shape index (κ2) is 5.52. The lowest BCUT2D eigenvalue weighted by Crippen LogP contribution is -2.32. The lowest BCUT2D eigenvalue weighted by atomic mass is 10.0. The summed E-state index contributed by atoms with van der Waals surface area (Å²) in [6.07, 6.45) is -0.0306. The number of ether oxygens (including phenoxy) is 1. The summed E-state index contributed by atoms with van der Waals surface area (Å²) in [5, 5.41) is 3.78. The lowest BCUT2D eigenvalue weighted by molar-refractivity contribution is -0.140. The van der Waals surface area contributed by atoms with Gasteiger partial charge < -0.3 is 9.57 Å². The van der Waals surface area contributed by atoms with Gasteiger partial charge in [0.05, 0.1) is 6.42 Å². The maximum absolute atomic E-state index is 11.1. The highest BCUT2D eigenvalue weighted by molar-refractivity contribution is 9.10. The quantitative estimate of drug-likeness (QED) is 0.802. The van der Waals surface area contributed by atoms with Crippen LogP contribution in [0.1, 0.15) is 20.3 Å². The summed E-state index contributed by atoms with van der Waals surface area (Å²) in [4.78, 5) is 15.7. The Morgan fingerprint density at radius 3 is 2.50 bits per heavy atom. The molecule has 0 saturated carbocycles. The van der Waals surface area contributed by atoms with Crippen LogP contribution in [-0.2, 0) is 9.63 Å². The molecule has 0 bridgehead atoms. The summed E-state index contributed by atoms with van der Waals surface area (Å²) in [6.45, 7) is 4.05. The zero-order chi connectivity index (χ0) is 13.1. The minimum absolute atomic E-state index is 0.208. The monoisotopic (exact) mass is 311 g/mol. The summed E-state index contributed by atoms with van der Waals surface area (Å²) in [5.74, 6) is 0.635. The van der Waals surface area contributed by atoms with Gasteiger partial charge in [-0.15, -0.1) is 0 Å². The first kappa shape index (κ1) is 13.1. The average molecular weight is 312 g/mol. The first-order valence-electron chi connectivity index (χ1n) is 5.75. The maximum atomic E-state index is 11.1. The molecule has 1 aliphatic heterocycles. The first-order chi connectivity index (χ1) is 8.56. The summed E-state index contributed by atoms with van der Waals surface area (Å²) >= 11 is 3.37. The van der Waals surface area contributed by atoms with Crippen molar-refractivity contribution in [3.8, 4) is 5.75 Å². The van der Waals surface area contributed by atoms with E-state index in [4.69, 9.17) is 4.74 Å². The molecule has 96 valence electrons. The number of hydrogen-bond donors (Lipinski definition) is 0. The third kappa shape index (κ3) is 3.10. The Morgan fingerprint density at radius 2 is 2.00 bits per heavy atom. The molecule has 0 spiro atoms. The minimum atomic E-state index is -0.324. The number of rotatable bonds is 4. The van der Waals surface area contributed by atoms with E-state index in [1.54, 1.807) is 0 Å². The van der Waals surface area contributed by atoms with Crippen LogP contribution in [0.15, 0.2) is 33.9 Å². The van der Waals surface area contributed by atoms with E-state index in [1.807, 2.05) is 38.1 Å². The largest absolute Gasteiger partial charge is 0.484 e. The third-order valence-electron chi connectivity index (χ3n) is 2.60. The molecule has 1 aliphatic rings. The smallest absolute Gasteiger partial charge is 0.340 e. The van der Waals surface area contributed by atoms with Gasteiger partial charge in [0.2, 0.25) is 0 Å². The molecule has 1 aromatic rings. The van der Waals surface area contributed by atoms with Crippen LogP contribution < -0.4 is 4.74 Å². The molecule has 0 N–H and O–H groups in total. The number of nitrogens with zero attached hydrogens (tertiary/aromatic N) is 1. The van der Waals surface area contributed by atoms with Crippen molar-refractivity contribution in [1.29, 1.82) is 0 Å². The van der Waals surface area contributed by atoms with Gasteiger partial charge in [-0.25, -0.2) is 4.79 Å². The molecule has 1 heterocycles. The molecule has 0 aliphatic carbocycles. The highest BCUT2D eigenvalue weighted by atomic mass is 79.9. The van der Waals surface area contributed by atoms with Crippen molar-refractivity contribution in [2.75, 3.05) is 0 Å². The van der Waals surface area contributed by atoms with Crippen molar-refractivity contribution < 1.29 is 14.4 Å². The van der Waals surface area contributed by atoms with Gasteiger partial charge in [0.25, 0.3) is 0 Å². The molecule has 0 saturated heterocycles. The van der Waals surface area contributed by atoms with Crippen LogP contribution in [0, 0.1) is 5.92 Å². The molecule has 2 rings (SSSR count). The number of oxime groups is 1. The van der Waals surface area contributed by atoms with E-state index in [0.29, 0.717) is 5.71 Å². The zero-order valence-corrected chi connectivity index (χ0v) is 11.8. The maximum Gasteiger partial charge on any atom is 0.340 e. The van der Waals surface area contributed by atoms with E-state index in [1.165, 1.54) is 0 Å². The predicted molar refractivity (Wildman–Crippen MR) is 71.5 cm³/mol. The zero-order valence-electron chi connectivity index (χ0n) is 10.2. The number of carbonyl (C=O) groups is 1. The second-order valence-corrected chi connectivity index (χ2v) is 5.37. The molecular formula is C13H14BrNO3. The summed E-state index contributed by atoms with van der Waals surface area (Å²) in [6, 6.07) is 7.56. The molecular weight excluding hydrogens is 298 g/mol. The van der Waals surface area contributed by atoms with Gasteiger partial charge in [0.15, 0.2) is 0 Å². The van der Waals surface area contributed by atoms with Crippen molar-refractivity contribution in [3.63, 3.8) is 0 Å². The van der Waals surface area contributed by atoms with Gasteiger partial charge in [0.1, 0.15) is 17.6 Å². The van der Waals surface area contributed by atoms with Crippen LogP contribution in [0.3, 0.4) is 0 Å². The fourth-order valence-electron chi connectivity index (χ4n) is 1.72. The highest BCUT2D eigenvalue weighted by Gasteiger charge is 2.29. The summed E-state index contributed by atoms with van der Waals surface area (Å²) < 4.78 is 6.87. The van der Waals surface area contributed by atoms with Crippen LogP contribution in [0.25, 0.3) is 0 Å². The van der Waals surface area contributed by atoms with Crippen molar-refractivity contribution >= 4 is 27.6 Å². The summed E-state index contributed by atoms with van der Waals surface area (Å²) in [7, 11) is 0. The van der Waals surface area contributed by atoms with Gasteiger partial charge in [-0.1, -0.05) is 34.9 Å². The second-order valence-electron chi connectivity index (χ2n) is 4.46. The van der Waals surface area contributed by atoms with E-state index in [2.05, 4.69) is 25.9 Å². The van der Waals surface area contributed by atoms with Gasteiger partial charge >= 0.3 is 5.97 Å². The van der Waals surface area contributed by atoms with E-state index < -0.39 is 0 Å².